The van der Waals surface area contributed by atoms with E-state index in [4.69, 9.17) is 20.2 Å². The van der Waals surface area contributed by atoms with E-state index in [2.05, 4.69) is 4.90 Å². The van der Waals surface area contributed by atoms with Gasteiger partial charge < -0.3 is 20.1 Å². The van der Waals surface area contributed by atoms with Crippen LogP contribution in [0.15, 0.2) is 60.7 Å². The SMILES string of the molecule is COc1cc(CN(CCN)c2nc3ccccc3s2)ccc1OCc1c(F)cccc1F. The molecule has 0 saturated heterocycles. The average molecular weight is 456 g/mol. The van der Waals surface area contributed by atoms with Crippen molar-refractivity contribution in [3.63, 3.8) is 0 Å². The smallest absolute Gasteiger partial charge is 0.186 e. The Balaban J connectivity index is 1.53. The van der Waals surface area contributed by atoms with Gasteiger partial charge in [-0.05, 0) is 42.0 Å². The number of benzene rings is 3. The molecule has 2 N–H and O–H groups in total. The van der Waals surface area contributed by atoms with Gasteiger partial charge >= 0.3 is 0 Å². The van der Waals surface area contributed by atoms with Crippen LogP contribution in [0.3, 0.4) is 0 Å². The Morgan fingerprint density at radius 2 is 1.78 bits per heavy atom. The number of hydrogen-bond acceptors (Lipinski definition) is 6. The van der Waals surface area contributed by atoms with Gasteiger partial charge in [0.25, 0.3) is 0 Å². The van der Waals surface area contributed by atoms with E-state index in [1.807, 2.05) is 36.4 Å². The van der Waals surface area contributed by atoms with E-state index >= 15 is 0 Å². The van der Waals surface area contributed by atoms with Gasteiger partial charge in [-0.2, -0.15) is 0 Å². The second-order valence-electron chi connectivity index (χ2n) is 7.15. The standard InChI is InChI=1S/C24H23F2N3O2S/c1-30-22-13-16(9-10-21(22)31-15-17-18(25)5-4-6-19(17)26)14-29(12-11-27)24-28-20-7-2-3-8-23(20)32-24/h2-10,13H,11-12,14-15,27H2,1H3. The van der Waals surface area contributed by atoms with Gasteiger partial charge in [-0.15, -0.1) is 0 Å². The molecule has 0 unspecified atom stereocenters. The first kappa shape index (κ1) is 22.0. The molecule has 0 aliphatic rings. The Morgan fingerprint density at radius 1 is 1.00 bits per heavy atom. The lowest BCUT2D eigenvalue weighted by molar-refractivity contribution is 0.274. The number of rotatable bonds is 9. The summed E-state index contributed by atoms with van der Waals surface area (Å²) in [5, 5.41) is 0.894. The van der Waals surface area contributed by atoms with Crippen LogP contribution >= 0.6 is 11.3 Å². The van der Waals surface area contributed by atoms with Crippen LogP contribution in [0.1, 0.15) is 11.1 Å². The summed E-state index contributed by atoms with van der Waals surface area (Å²) >= 11 is 1.62. The molecule has 1 aromatic heterocycles. The Kier molecular flexibility index (Phi) is 6.82. The van der Waals surface area contributed by atoms with Crippen LogP contribution < -0.4 is 20.1 Å². The molecule has 4 aromatic rings. The van der Waals surface area contributed by atoms with E-state index in [0.29, 0.717) is 31.1 Å². The largest absolute Gasteiger partial charge is 0.493 e. The third kappa shape index (κ3) is 4.81. The summed E-state index contributed by atoms with van der Waals surface area (Å²) in [6.45, 7) is 1.48. The van der Waals surface area contributed by atoms with E-state index in [1.165, 1.54) is 25.3 Å². The van der Waals surface area contributed by atoms with Crippen molar-refractivity contribution in [3.05, 3.63) is 83.4 Å². The van der Waals surface area contributed by atoms with Gasteiger partial charge in [0.05, 0.1) is 22.9 Å². The Hall–Kier alpha value is -3.23. The lowest BCUT2D eigenvalue weighted by Crippen LogP contribution is -2.28. The molecule has 0 aliphatic carbocycles. The van der Waals surface area contributed by atoms with E-state index in [9.17, 15) is 8.78 Å². The summed E-state index contributed by atoms with van der Waals surface area (Å²) in [6.07, 6.45) is 0. The summed E-state index contributed by atoms with van der Waals surface area (Å²) in [7, 11) is 1.53. The number of hydrogen-bond donors (Lipinski definition) is 1. The maximum Gasteiger partial charge on any atom is 0.186 e. The molecule has 5 nitrogen and oxygen atoms in total. The first-order valence-corrected chi connectivity index (χ1v) is 10.9. The molecule has 0 radical (unpaired) electrons. The van der Waals surface area contributed by atoms with Crippen molar-refractivity contribution in [1.29, 1.82) is 0 Å². The predicted octanol–water partition coefficient (Wildman–Crippen LogP) is 5.13. The average Bonchev–Trinajstić information content (AvgIpc) is 3.23. The molecule has 32 heavy (non-hydrogen) atoms. The molecular weight excluding hydrogens is 432 g/mol. The zero-order valence-corrected chi connectivity index (χ0v) is 18.4. The van der Waals surface area contributed by atoms with Gasteiger partial charge in [-0.25, -0.2) is 13.8 Å². The summed E-state index contributed by atoms with van der Waals surface area (Å²) in [5.74, 6) is -0.400. The van der Waals surface area contributed by atoms with Crippen LogP contribution in [0.25, 0.3) is 10.2 Å². The molecule has 8 heteroatoms. The molecule has 0 fully saturated rings. The first-order valence-electron chi connectivity index (χ1n) is 10.1. The number of methoxy groups -OCH3 is 1. The fourth-order valence-corrected chi connectivity index (χ4v) is 4.35. The minimum absolute atomic E-state index is 0.122. The van der Waals surface area contributed by atoms with Crippen molar-refractivity contribution in [3.8, 4) is 11.5 Å². The molecule has 0 bridgehead atoms. The first-order chi connectivity index (χ1) is 15.6. The normalized spacial score (nSPS) is 11.0. The number of thiazole rings is 1. The van der Waals surface area contributed by atoms with Gasteiger partial charge in [0, 0.05) is 19.6 Å². The molecule has 0 atom stereocenters. The summed E-state index contributed by atoms with van der Waals surface area (Å²) in [4.78, 5) is 6.85. The van der Waals surface area contributed by atoms with Crippen LogP contribution in [0, 0.1) is 11.6 Å². The number of aromatic nitrogens is 1. The number of nitrogens with two attached hydrogens (primary N) is 1. The van der Waals surface area contributed by atoms with Crippen LogP contribution in [0.2, 0.25) is 0 Å². The third-order valence-electron chi connectivity index (χ3n) is 4.99. The number of halogens is 2. The Bertz CT molecular complexity index is 1160. The van der Waals surface area contributed by atoms with Crippen molar-refractivity contribution >= 4 is 26.7 Å². The highest BCUT2D eigenvalue weighted by molar-refractivity contribution is 7.22. The summed E-state index contributed by atoms with van der Waals surface area (Å²) < 4.78 is 40.0. The number of ether oxygens (including phenoxy) is 2. The van der Waals surface area contributed by atoms with Crippen molar-refractivity contribution in [2.75, 3.05) is 25.1 Å². The van der Waals surface area contributed by atoms with Gasteiger partial charge in [-0.3, -0.25) is 0 Å². The summed E-state index contributed by atoms with van der Waals surface area (Å²) in [6, 6.07) is 17.2. The van der Waals surface area contributed by atoms with E-state index in [1.54, 1.807) is 17.4 Å². The number of anilines is 1. The Labute approximate surface area is 189 Å². The van der Waals surface area contributed by atoms with E-state index < -0.39 is 11.6 Å². The van der Waals surface area contributed by atoms with Crippen molar-refractivity contribution in [2.45, 2.75) is 13.2 Å². The van der Waals surface area contributed by atoms with Crippen LogP contribution in [-0.4, -0.2) is 25.2 Å². The second kappa shape index (κ2) is 9.93. The lowest BCUT2D eigenvalue weighted by atomic mass is 10.2. The summed E-state index contributed by atoms with van der Waals surface area (Å²) in [5.41, 5.74) is 7.65. The second-order valence-corrected chi connectivity index (χ2v) is 8.16. The van der Waals surface area contributed by atoms with E-state index in [-0.39, 0.29) is 12.2 Å². The van der Waals surface area contributed by atoms with Crippen LogP contribution in [0.5, 0.6) is 11.5 Å². The Morgan fingerprint density at radius 3 is 2.50 bits per heavy atom. The molecule has 0 amide bonds. The molecular formula is C24H23F2N3O2S. The van der Waals surface area contributed by atoms with E-state index in [0.717, 1.165) is 20.9 Å². The highest BCUT2D eigenvalue weighted by Gasteiger charge is 2.15. The molecule has 1 heterocycles. The van der Waals surface area contributed by atoms with Gasteiger partial charge in [0.15, 0.2) is 16.6 Å². The third-order valence-corrected chi connectivity index (χ3v) is 6.08. The van der Waals surface area contributed by atoms with Crippen LogP contribution in [-0.2, 0) is 13.2 Å². The predicted molar refractivity (Wildman–Crippen MR) is 123 cm³/mol. The molecule has 0 aliphatic heterocycles. The number of nitrogens with zero attached hydrogens (tertiary/aromatic N) is 2. The van der Waals surface area contributed by atoms with Crippen molar-refractivity contribution < 1.29 is 18.3 Å². The van der Waals surface area contributed by atoms with Gasteiger partial charge in [-0.1, -0.05) is 35.6 Å². The lowest BCUT2D eigenvalue weighted by Gasteiger charge is -2.22. The fourth-order valence-electron chi connectivity index (χ4n) is 3.36. The highest BCUT2D eigenvalue weighted by Crippen LogP contribution is 2.32. The maximum absolute atomic E-state index is 13.9. The molecule has 0 spiro atoms. The molecule has 3 aromatic carbocycles. The molecule has 166 valence electrons. The number of fused-ring (bicyclic) bond motifs is 1. The molecule has 4 rings (SSSR count). The molecule has 0 saturated carbocycles. The number of para-hydroxylation sites is 1. The quantitative estimate of drug-likeness (QED) is 0.379. The van der Waals surface area contributed by atoms with Crippen molar-refractivity contribution in [2.24, 2.45) is 5.73 Å². The zero-order chi connectivity index (χ0) is 22.5. The van der Waals surface area contributed by atoms with Gasteiger partial charge in [0.2, 0.25) is 0 Å². The maximum atomic E-state index is 13.9. The fraction of sp³-hybridized carbons (Fsp3) is 0.208. The van der Waals surface area contributed by atoms with Gasteiger partial charge in [0.1, 0.15) is 18.2 Å². The van der Waals surface area contributed by atoms with Crippen LogP contribution in [0.4, 0.5) is 13.9 Å². The highest BCUT2D eigenvalue weighted by atomic mass is 32.1. The zero-order valence-electron chi connectivity index (χ0n) is 17.6. The van der Waals surface area contributed by atoms with Crippen molar-refractivity contribution in [1.82, 2.24) is 4.98 Å². The monoisotopic (exact) mass is 455 g/mol. The minimum atomic E-state index is -0.645. The topological polar surface area (TPSA) is 60.6 Å². The minimum Gasteiger partial charge on any atom is -0.493 e.